The minimum absolute atomic E-state index is 0.132. The third-order valence-corrected chi connectivity index (χ3v) is 4.28. The molecule has 23 heavy (non-hydrogen) atoms. The van der Waals surface area contributed by atoms with Crippen LogP contribution in [0.1, 0.15) is 36.6 Å². The topological polar surface area (TPSA) is 30.5 Å². The highest BCUT2D eigenvalue weighted by Crippen LogP contribution is 2.38. The molecule has 0 saturated carbocycles. The van der Waals surface area contributed by atoms with E-state index in [1.54, 1.807) is 0 Å². The monoisotopic (exact) mass is 331 g/mol. The molecule has 122 valence electrons. The summed E-state index contributed by atoms with van der Waals surface area (Å²) in [7, 11) is 0. The average molecular weight is 332 g/mol. The van der Waals surface area contributed by atoms with E-state index in [0.717, 1.165) is 29.5 Å². The maximum atomic E-state index is 6.17. The first-order valence-corrected chi connectivity index (χ1v) is 8.52. The average Bonchev–Trinajstić information content (AvgIpc) is 2.55. The molecule has 1 atom stereocenters. The number of hydrogen-bond acceptors (Lipinski definition) is 3. The van der Waals surface area contributed by atoms with Crippen molar-refractivity contribution in [2.75, 3.05) is 19.8 Å². The zero-order chi connectivity index (χ0) is 16.2. The summed E-state index contributed by atoms with van der Waals surface area (Å²) in [4.78, 5) is 0. The van der Waals surface area contributed by atoms with Crippen molar-refractivity contribution < 1.29 is 9.47 Å². The van der Waals surface area contributed by atoms with E-state index in [9.17, 15) is 0 Å². The van der Waals surface area contributed by atoms with Gasteiger partial charge in [0.15, 0.2) is 11.5 Å². The number of halogens is 1. The van der Waals surface area contributed by atoms with Crippen LogP contribution >= 0.6 is 11.6 Å². The first kappa shape index (κ1) is 16.2. The highest BCUT2D eigenvalue weighted by Gasteiger charge is 2.24. The van der Waals surface area contributed by atoms with E-state index in [1.165, 1.54) is 16.7 Å². The molecule has 3 rings (SSSR count). The van der Waals surface area contributed by atoms with Crippen molar-refractivity contribution in [3.63, 3.8) is 0 Å². The number of hydrogen-bond donors (Lipinski definition) is 1. The molecule has 1 N–H and O–H groups in total. The van der Waals surface area contributed by atoms with E-state index in [2.05, 4.69) is 23.5 Å². The number of fused-ring (bicyclic) bond motifs is 1. The second kappa shape index (κ2) is 7.24. The number of nitrogens with one attached hydrogen (secondary N) is 1. The molecule has 2 aromatic rings. The summed E-state index contributed by atoms with van der Waals surface area (Å²) in [5.74, 6) is 1.64. The van der Waals surface area contributed by atoms with Crippen LogP contribution < -0.4 is 14.8 Å². The maximum absolute atomic E-state index is 6.17. The Balaban J connectivity index is 2.05. The molecule has 1 aliphatic rings. The third-order valence-electron chi connectivity index (χ3n) is 4.04. The molecule has 0 aliphatic carbocycles. The van der Waals surface area contributed by atoms with Gasteiger partial charge < -0.3 is 14.8 Å². The lowest BCUT2D eigenvalue weighted by Gasteiger charge is -2.29. The predicted molar refractivity (Wildman–Crippen MR) is 93.8 cm³/mol. The highest BCUT2D eigenvalue weighted by atomic mass is 35.5. The van der Waals surface area contributed by atoms with Gasteiger partial charge in [0.1, 0.15) is 0 Å². The lowest BCUT2D eigenvalue weighted by molar-refractivity contribution is 0.286. The Morgan fingerprint density at radius 3 is 2.52 bits per heavy atom. The summed E-state index contributed by atoms with van der Waals surface area (Å²) in [6, 6.07) is 12.4. The first-order valence-electron chi connectivity index (χ1n) is 8.14. The Morgan fingerprint density at radius 2 is 1.83 bits per heavy atom. The fourth-order valence-electron chi connectivity index (χ4n) is 3.08. The van der Waals surface area contributed by atoms with Gasteiger partial charge in [0.05, 0.1) is 19.3 Å². The zero-order valence-electron chi connectivity index (χ0n) is 13.6. The normalized spacial score (nSPS) is 16.7. The van der Waals surface area contributed by atoms with Crippen LogP contribution in [-0.4, -0.2) is 19.8 Å². The summed E-state index contributed by atoms with van der Waals surface area (Å²) in [6.45, 7) is 6.17. The van der Waals surface area contributed by atoms with Gasteiger partial charge in [0.2, 0.25) is 0 Å². The lowest BCUT2D eigenvalue weighted by Crippen LogP contribution is -2.30. The third kappa shape index (κ3) is 3.46. The SMILES string of the molecule is CCOc1cc2c(cc1OCC)[C@H](c1cccc(Cl)c1)NCC2. The standard InChI is InChI=1S/C19H22ClNO2/c1-3-22-17-11-13-8-9-21-19(14-6-5-7-15(20)10-14)16(13)12-18(17)23-4-2/h5-7,10-12,19,21H,3-4,8-9H2,1-2H3/t19-/m0/s1. The van der Waals surface area contributed by atoms with Crippen molar-refractivity contribution in [2.24, 2.45) is 0 Å². The van der Waals surface area contributed by atoms with E-state index >= 15 is 0 Å². The smallest absolute Gasteiger partial charge is 0.161 e. The highest BCUT2D eigenvalue weighted by molar-refractivity contribution is 6.30. The molecular weight excluding hydrogens is 310 g/mol. The van der Waals surface area contributed by atoms with E-state index in [0.29, 0.717) is 13.2 Å². The summed E-state index contributed by atoms with van der Waals surface area (Å²) in [5, 5.41) is 4.34. The van der Waals surface area contributed by atoms with Crippen molar-refractivity contribution in [1.82, 2.24) is 5.32 Å². The van der Waals surface area contributed by atoms with Gasteiger partial charge in [-0.15, -0.1) is 0 Å². The molecule has 0 radical (unpaired) electrons. The minimum Gasteiger partial charge on any atom is -0.490 e. The van der Waals surface area contributed by atoms with Gasteiger partial charge in [-0.25, -0.2) is 0 Å². The molecule has 3 nitrogen and oxygen atoms in total. The van der Waals surface area contributed by atoms with Crippen LogP contribution in [0.3, 0.4) is 0 Å². The molecule has 0 bridgehead atoms. The van der Waals surface area contributed by atoms with Gasteiger partial charge in [0, 0.05) is 11.6 Å². The molecule has 0 saturated heterocycles. The molecule has 0 amide bonds. The van der Waals surface area contributed by atoms with Crippen LogP contribution in [0.25, 0.3) is 0 Å². The quantitative estimate of drug-likeness (QED) is 0.882. The molecule has 0 fully saturated rings. The van der Waals surface area contributed by atoms with Crippen LogP contribution in [-0.2, 0) is 6.42 Å². The maximum Gasteiger partial charge on any atom is 0.161 e. The van der Waals surface area contributed by atoms with Gasteiger partial charge in [-0.1, -0.05) is 23.7 Å². The van der Waals surface area contributed by atoms with Crippen LogP contribution in [0.4, 0.5) is 0 Å². The molecule has 4 heteroatoms. The molecule has 1 aliphatic heterocycles. The summed E-state index contributed by atoms with van der Waals surface area (Å²) in [5.41, 5.74) is 3.72. The minimum atomic E-state index is 0.132. The van der Waals surface area contributed by atoms with E-state index in [4.69, 9.17) is 21.1 Å². The largest absolute Gasteiger partial charge is 0.490 e. The van der Waals surface area contributed by atoms with Gasteiger partial charge in [-0.3, -0.25) is 0 Å². The summed E-state index contributed by atoms with van der Waals surface area (Å²) >= 11 is 6.17. The van der Waals surface area contributed by atoms with Crippen LogP contribution in [0, 0.1) is 0 Å². The van der Waals surface area contributed by atoms with Gasteiger partial charge in [0.25, 0.3) is 0 Å². The van der Waals surface area contributed by atoms with Crippen molar-refractivity contribution in [1.29, 1.82) is 0 Å². The molecule has 1 heterocycles. The van der Waals surface area contributed by atoms with E-state index in [-0.39, 0.29) is 6.04 Å². The zero-order valence-corrected chi connectivity index (χ0v) is 14.3. The van der Waals surface area contributed by atoms with Crippen molar-refractivity contribution >= 4 is 11.6 Å². The van der Waals surface area contributed by atoms with Crippen molar-refractivity contribution in [2.45, 2.75) is 26.3 Å². The molecular formula is C19H22ClNO2. The second-order valence-electron chi connectivity index (χ2n) is 5.56. The van der Waals surface area contributed by atoms with Gasteiger partial charge in [-0.05, 0) is 61.2 Å². The fourth-order valence-corrected chi connectivity index (χ4v) is 3.28. The Kier molecular flexibility index (Phi) is 5.09. The summed E-state index contributed by atoms with van der Waals surface area (Å²) < 4.78 is 11.5. The predicted octanol–water partition coefficient (Wildman–Crippen LogP) is 4.37. The van der Waals surface area contributed by atoms with Crippen LogP contribution in [0.5, 0.6) is 11.5 Å². The van der Waals surface area contributed by atoms with Crippen LogP contribution in [0.2, 0.25) is 5.02 Å². The van der Waals surface area contributed by atoms with E-state index < -0.39 is 0 Å². The Morgan fingerprint density at radius 1 is 1.09 bits per heavy atom. The van der Waals surface area contributed by atoms with Gasteiger partial charge in [-0.2, -0.15) is 0 Å². The Bertz CT molecular complexity index is 687. The molecule has 0 spiro atoms. The molecule has 2 aromatic carbocycles. The van der Waals surface area contributed by atoms with Crippen molar-refractivity contribution in [3.05, 3.63) is 58.1 Å². The number of benzene rings is 2. The number of rotatable bonds is 5. The van der Waals surface area contributed by atoms with E-state index in [1.807, 2.05) is 32.0 Å². The van der Waals surface area contributed by atoms with Crippen LogP contribution in [0.15, 0.2) is 36.4 Å². The lowest BCUT2D eigenvalue weighted by atomic mass is 9.89. The Labute approximate surface area is 142 Å². The fraction of sp³-hybridized carbons (Fsp3) is 0.368. The second-order valence-corrected chi connectivity index (χ2v) is 5.99. The summed E-state index contributed by atoms with van der Waals surface area (Å²) in [6.07, 6.45) is 0.985. The van der Waals surface area contributed by atoms with Crippen molar-refractivity contribution in [3.8, 4) is 11.5 Å². The molecule has 0 unspecified atom stereocenters. The first-order chi connectivity index (χ1) is 11.2. The Hall–Kier alpha value is -1.71. The van der Waals surface area contributed by atoms with Gasteiger partial charge >= 0.3 is 0 Å². The number of ether oxygens (including phenoxy) is 2. The molecule has 0 aromatic heterocycles.